The molecular formula is C31H30F4N6O2S. The number of anilines is 1. The quantitative estimate of drug-likeness (QED) is 0.212. The van der Waals surface area contributed by atoms with Gasteiger partial charge in [-0.15, -0.1) is 18.3 Å². The van der Waals surface area contributed by atoms with Crippen LogP contribution in [0.2, 0.25) is 0 Å². The van der Waals surface area contributed by atoms with Crippen molar-refractivity contribution in [2.45, 2.75) is 52.1 Å². The van der Waals surface area contributed by atoms with Crippen LogP contribution < -0.4 is 15.0 Å². The van der Waals surface area contributed by atoms with Crippen LogP contribution in [0.1, 0.15) is 44.2 Å². The van der Waals surface area contributed by atoms with E-state index in [-0.39, 0.29) is 30.1 Å². The van der Waals surface area contributed by atoms with E-state index in [1.54, 1.807) is 12.1 Å². The summed E-state index contributed by atoms with van der Waals surface area (Å²) in [7, 11) is 0. The van der Waals surface area contributed by atoms with E-state index in [9.17, 15) is 22.4 Å². The Balaban J connectivity index is 1.23. The molecule has 0 radical (unpaired) electrons. The number of thioether (sulfide) groups is 1. The van der Waals surface area contributed by atoms with E-state index < -0.39 is 12.4 Å². The average molecular weight is 627 g/mol. The number of nitrogens with zero attached hydrogens (tertiary/aromatic N) is 5. The Hall–Kier alpha value is -4.39. The topological polar surface area (TPSA) is 84.6 Å². The summed E-state index contributed by atoms with van der Waals surface area (Å²) in [5.41, 5.74) is 3.79. The zero-order chi connectivity index (χ0) is 31.4. The van der Waals surface area contributed by atoms with Gasteiger partial charge in [0.15, 0.2) is 11.0 Å². The Morgan fingerprint density at radius 3 is 2.52 bits per heavy atom. The number of benzene rings is 3. The van der Waals surface area contributed by atoms with Crippen LogP contribution in [0.3, 0.4) is 0 Å². The molecule has 0 bridgehead atoms. The van der Waals surface area contributed by atoms with Crippen molar-refractivity contribution >= 4 is 28.6 Å². The fraction of sp³-hybridized carbons (Fsp3) is 0.290. The van der Waals surface area contributed by atoms with Gasteiger partial charge in [0.25, 0.3) is 0 Å². The smallest absolute Gasteiger partial charge is 0.406 e. The van der Waals surface area contributed by atoms with Crippen molar-refractivity contribution in [2.24, 2.45) is 4.99 Å². The maximum atomic E-state index is 14.0. The molecule has 4 aromatic rings. The number of alkyl halides is 3. The largest absolute Gasteiger partial charge is 0.573 e. The predicted molar refractivity (Wildman–Crippen MR) is 163 cm³/mol. The van der Waals surface area contributed by atoms with Crippen molar-refractivity contribution in [3.63, 3.8) is 0 Å². The first-order valence-electron chi connectivity index (χ1n) is 13.9. The molecule has 1 atom stereocenters. The molecule has 44 heavy (non-hydrogen) atoms. The summed E-state index contributed by atoms with van der Waals surface area (Å²) in [6, 6.07) is 17.0. The van der Waals surface area contributed by atoms with E-state index in [1.165, 1.54) is 53.1 Å². The number of ether oxygens (including phenoxy) is 1. The Bertz CT molecular complexity index is 1640. The first-order chi connectivity index (χ1) is 21.0. The van der Waals surface area contributed by atoms with Gasteiger partial charge in [0.1, 0.15) is 17.9 Å². The van der Waals surface area contributed by atoms with Gasteiger partial charge in [-0.1, -0.05) is 49.9 Å². The minimum Gasteiger partial charge on any atom is -0.406 e. The summed E-state index contributed by atoms with van der Waals surface area (Å²) in [6.07, 6.45) is -2.39. The number of hydrogen-bond acceptors (Lipinski definition) is 5. The van der Waals surface area contributed by atoms with Crippen molar-refractivity contribution < 1.29 is 27.1 Å². The molecule has 230 valence electrons. The van der Waals surface area contributed by atoms with E-state index in [1.807, 2.05) is 43.0 Å². The molecule has 5 rings (SSSR count). The Labute approximate surface area is 256 Å². The maximum absolute atomic E-state index is 14.0. The molecule has 1 saturated heterocycles. The lowest BCUT2D eigenvalue weighted by Gasteiger charge is -2.37. The predicted octanol–water partition coefficient (Wildman–Crippen LogP) is 7.69. The highest BCUT2D eigenvalue weighted by Crippen LogP contribution is 2.35. The Morgan fingerprint density at radius 2 is 1.84 bits per heavy atom. The molecule has 0 saturated carbocycles. The first-order valence-corrected chi connectivity index (χ1v) is 14.9. The molecule has 2 heterocycles. The third-order valence-electron chi connectivity index (χ3n) is 6.96. The Kier molecular flexibility index (Phi) is 9.23. The van der Waals surface area contributed by atoms with Gasteiger partial charge in [-0.2, -0.15) is 4.99 Å². The molecule has 0 spiro atoms. The van der Waals surface area contributed by atoms with Crippen LogP contribution in [0.15, 0.2) is 78.0 Å². The summed E-state index contributed by atoms with van der Waals surface area (Å²) >= 11 is 1.50. The summed E-state index contributed by atoms with van der Waals surface area (Å²) in [5.74, 6) is 0.718. The minimum atomic E-state index is -4.76. The lowest BCUT2D eigenvalue weighted by molar-refractivity contribution is -0.274. The molecule has 13 heteroatoms. The van der Waals surface area contributed by atoms with E-state index in [0.29, 0.717) is 16.7 Å². The van der Waals surface area contributed by atoms with Crippen LogP contribution in [0.4, 0.5) is 28.0 Å². The monoisotopic (exact) mass is 626 g/mol. The summed E-state index contributed by atoms with van der Waals surface area (Å²) in [4.78, 5) is 23.6. The number of carbonyl (C=O) groups is 1. The number of urea groups is 1. The average Bonchev–Trinajstić information content (AvgIpc) is 3.47. The van der Waals surface area contributed by atoms with Gasteiger partial charge in [0, 0.05) is 29.6 Å². The van der Waals surface area contributed by atoms with E-state index in [4.69, 9.17) is 0 Å². The van der Waals surface area contributed by atoms with Gasteiger partial charge < -0.3 is 15.0 Å². The fourth-order valence-electron chi connectivity index (χ4n) is 4.74. The normalized spacial score (nSPS) is 16.4. The molecule has 8 nitrogen and oxygen atoms in total. The van der Waals surface area contributed by atoms with Gasteiger partial charge in [0.05, 0.1) is 5.69 Å². The van der Waals surface area contributed by atoms with E-state index >= 15 is 0 Å². The van der Waals surface area contributed by atoms with Crippen LogP contribution in [-0.2, 0) is 6.54 Å². The van der Waals surface area contributed by atoms with Crippen molar-refractivity contribution in [1.29, 1.82) is 0 Å². The summed E-state index contributed by atoms with van der Waals surface area (Å²) < 4.78 is 56.6. The summed E-state index contributed by atoms with van der Waals surface area (Å²) in [5, 5.41) is 7.83. The van der Waals surface area contributed by atoms with Crippen LogP contribution in [0, 0.1) is 5.82 Å². The van der Waals surface area contributed by atoms with Gasteiger partial charge in [-0.3, -0.25) is 0 Å². The van der Waals surface area contributed by atoms with Crippen molar-refractivity contribution in [3.8, 4) is 22.8 Å². The molecule has 0 aliphatic carbocycles. The van der Waals surface area contributed by atoms with Crippen molar-refractivity contribution in [3.05, 3.63) is 90.0 Å². The lowest BCUT2D eigenvalue weighted by atomic mass is 9.99. The molecule has 1 aliphatic heterocycles. The number of nitrogens with one attached hydrogen (secondary N) is 1. The van der Waals surface area contributed by atoms with E-state index in [2.05, 4.69) is 32.1 Å². The van der Waals surface area contributed by atoms with Crippen LogP contribution >= 0.6 is 11.8 Å². The number of amidine groups is 1. The third-order valence-corrected chi connectivity index (χ3v) is 7.95. The van der Waals surface area contributed by atoms with E-state index in [0.717, 1.165) is 34.6 Å². The van der Waals surface area contributed by atoms with Gasteiger partial charge >= 0.3 is 12.4 Å². The molecule has 1 aromatic heterocycles. The number of amides is 2. The second-order valence-electron chi connectivity index (χ2n) is 10.5. The van der Waals surface area contributed by atoms with Crippen LogP contribution in [0.25, 0.3) is 17.1 Å². The summed E-state index contributed by atoms with van der Waals surface area (Å²) in [6.45, 7) is 6.34. The zero-order valence-electron chi connectivity index (χ0n) is 24.2. The standard InChI is InChI=1S/C31H30F4N6O2S/c1-19(2)26-16-23(32)8-13-27(26)41-20(3)14-15-44-30(41)38-29(42)36-17-21-4-6-22(7-5-21)28-37-18-40(39-28)24-9-11-25(12-10-24)43-31(33,34)35/h4-13,16,18-20H,14-15,17H2,1-3H3,(H,36,42). The number of rotatable bonds is 7. The second-order valence-corrected chi connectivity index (χ2v) is 11.6. The number of carbonyl (C=O) groups excluding carboxylic acids is 1. The fourth-order valence-corrected chi connectivity index (χ4v) is 5.94. The molecule has 1 aliphatic rings. The van der Waals surface area contributed by atoms with Crippen molar-refractivity contribution in [1.82, 2.24) is 20.1 Å². The molecule has 1 N–H and O–H groups in total. The molecule has 1 fully saturated rings. The van der Waals surface area contributed by atoms with Crippen LogP contribution in [0.5, 0.6) is 5.75 Å². The van der Waals surface area contributed by atoms with Gasteiger partial charge in [-0.05, 0) is 72.9 Å². The minimum absolute atomic E-state index is 0.0927. The second kappa shape index (κ2) is 13.1. The highest BCUT2D eigenvalue weighted by atomic mass is 32.2. The van der Waals surface area contributed by atoms with Crippen molar-refractivity contribution in [2.75, 3.05) is 10.7 Å². The third kappa shape index (κ3) is 7.57. The number of hydrogen-bond donors (Lipinski definition) is 1. The number of aromatic nitrogens is 3. The molecular weight excluding hydrogens is 596 g/mol. The number of halogens is 4. The highest BCUT2D eigenvalue weighted by molar-refractivity contribution is 8.14. The zero-order valence-corrected chi connectivity index (χ0v) is 25.0. The number of aliphatic imine (C=N–C) groups is 1. The maximum Gasteiger partial charge on any atom is 0.573 e. The SMILES string of the molecule is CC(C)c1cc(F)ccc1N1C(=NC(=O)NCc2ccc(-c3ncn(-c4ccc(OC(F)(F)F)cc4)n3)cc2)SCCC1C. The highest BCUT2D eigenvalue weighted by Gasteiger charge is 2.31. The van der Waals surface area contributed by atoms with Gasteiger partial charge in [0.2, 0.25) is 0 Å². The lowest BCUT2D eigenvalue weighted by Crippen LogP contribution is -2.42. The molecule has 1 unspecified atom stereocenters. The molecule has 2 amide bonds. The Morgan fingerprint density at radius 1 is 1.11 bits per heavy atom. The van der Waals surface area contributed by atoms with Gasteiger partial charge in [-0.25, -0.2) is 18.9 Å². The first kappa shape index (κ1) is 31.0. The van der Waals surface area contributed by atoms with Crippen LogP contribution in [-0.4, -0.2) is 44.1 Å². The molecule has 3 aromatic carbocycles.